The Hall–Kier alpha value is -3.08. The van der Waals surface area contributed by atoms with Crippen LogP contribution < -0.4 is 10.4 Å². The molecule has 2 aromatic heterocycles. The molecule has 158 valence electrons. The van der Waals surface area contributed by atoms with Crippen molar-refractivity contribution in [3.8, 4) is 17.0 Å². The Morgan fingerprint density at radius 2 is 1.63 bits per heavy atom. The normalized spacial score (nSPS) is 10.8. The SMILES string of the molecule is C=COCCCCCCCCCOc1cc2cc(-c3ccccc3)c(=O)oc2cn1. The number of rotatable bonds is 13. The van der Waals surface area contributed by atoms with Gasteiger partial charge < -0.3 is 13.9 Å². The maximum atomic E-state index is 12.3. The molecule has 3 aromatic rings. The van der Waals surface area contributed by atoms with Gasteiger partial charge in [-0.1, -0.05) is 69.0 Å². The number of hydrogen-bond acceptors (Lipinski definition) is 5. The number of fused-ring (bicyclic) bond motifs is 1. The molecule has 0 aliphatic rings. The van der Waals surface area contributed by atoms with Crippen molar-refractivity contribution < 1.29 is 13.9 Å². The van der Waals surface area contributed by atoms with Gasteiger partial charge in [-0.05, 0) is 24.5 Å². The van der Waals surface area contributed by atoms with E-state index in [1.165, 1.54) is 31.9 Å². The minimum atomic E-state index is -0.364. The van der Waals surface area contributed by atoms with Gasteiger partial charge in [0.15, 0.2) is 5.58 Å². The van der Waals surface area contributed by atoms with Crippen molar-refractivity contribution >= 4 is 11.0 Å². The molecule has 0 saturated heterocycles. The molecule has 5 heteroatoms. The highest BCUT2D eigenvalue weighted by Crippen LogP contribution is 2.23. The molecule has 2 heterocycles. The molecule has 0 unspecified atom stereocenters. The second-order valence-electron chi connectivity index (χ2n) is 7.23. The van der Waals surface area contributed by atoms with Crippen LogP contribution in [0.25, 0.3) is 22.1 Å². The molecule has 0 bridgehead atoms. The molecule has 0 spiro atoms. The van der Waals surface area contributed by atoms with E-state index in [1.54, 1.807) is 6.20 Å². The Bertz CT molecular complexity index is 981. The van der Waals surface area contributed by atoms with Gasteiger partial charge in [-0.25, -0.2) is 9.78 Å². The largest absolute Gasteiger partial charge is 0.502 e. The lowest BCUT2D eigenvalue weighted by atomic mass is 10.1. The van der Waals surface area contributed by atoms with Crippen LogP contribution in [0.4, 0.5) is 0 Å². The van der Waals surface area contributed by atoms with E-state index >= 15 is 0 Å². The summed E-state index contributed by atoms with van der Waals surface area (Å²) >= 11 is 0. The van der Waals surface area contributed by atoms with Crippen LogP contribution in [0, 0.1) is 0 Å². The first-order valence-corrected chi connectivity index (χ1v) is 10.6. The van der Waals surface area contributed by atoms with Crippen LogP contribution in [-0.2, 0) is 4.74 Å². The molecule has 0 fully saturated rings. The Balaban J connectivity index is 1.45. The lowest BCUT2D eigenvalue weighted by Crippen LogP contribution is -2.03. The van der Waals surface area contributed by atoms with Crippen LogP contribution >= 0.6 is 0 Å². The summed E-state index contributed by atoms with van der Waals surface area (Å²) in [4.78, 5) is 16.5. The van der Waals surface area contributed by atoms with E-state index in [1.807, 2.05) is 42.5 Å². The van der Waals surface area contributed by atoms with E-state index in [4.69, 9.17) is 13.9 Å². The molecule has 0 amide bonds. The van der Waals surface area contributed by atoms with Crippen molar-refractivity contribution in [3.05, 3.63) is 71.9 Å². The quantitative estimate of drug-likeness (QED) is 0.252. The molecule has 1 aromatic carbocycles. The van der Waals surface area contributed by atoms with Crippen molar-refractivity contribution in [1.82, 2.24) is 4.98 Å². The highest BCUT2D eigenvalue weighted by Gasteiger charge is 2.09. The number of nitrogens with zero attached hydrogens (tertiary/aromatic N) is 1. The Labute approximate surface area is 177 Å². The van der Waals surface area contributed by atoms with Crippen LogP contribution in [0.15, 0.2) is 70.7 Å². The third-order valence-corrected chi connectivity index (χ3v) is 4.95. The monoisotopic (exact) mass is 407 g/mol. The molecule has 0 aliphatic heterocycles. The van der Waals surface area contributed by atoms with Gasteiger partial charge in [0.2, 0.25) is 5.88 Å². The van der Waals surface area contributed by atoms with Crippen molar-refractivity contribution in [2.45, 2.75) is 44.9 Å². The van der Waals surface area contributed by atoms with Gasteiger partial charge in [0, 0.05) is 11.5 Å². The van der Waals surface area contributed by atoms with Gasteiger partial charge >= 0.3 is 5.63 Å². The molecule has 0 atom stereocenters. The van der Waals surface area contributed by atoms with Gasteiger partial charge in [0.25, 0.3) is 0 Å². The van der Waals surface area contributed by atoms with Gasteiger partial charge in [-0.15, -0.1) is 0 Å². The van der Waals surface area contributed by atoms with Crippen LogP contribution in [-0.4, -0.2) is 18.2 Å². The van der Waals surface area contributed by atoms with E-state index in [-0.39, 0.29) is 5.63 Å². The summed E-state index contributed by atoms with van der Waals surface area (Å²) < 4.78 is 16.3. The van der Waals surface area contributed by atoms with Crippen LogP contribution in [0.5, 0.6) is 5.88 Å². The minimum Gasteiger partial charge on any atom is -0.502 e. The lowest BCUT2D eigenvalue weighted by molar-refractivity contribution is 0.241. The predicted molar refractivity (Wildman–Crippen MR) is 120 cm³/mol. The molecule has 5 nitrogen and oxygen atoms in total. The molecule has 0 radical (unpaired) electrons. The van der Waals surface area contributed by atoms with Crippen LogP contribution in [0.1, 0.15) is 44.9 Å². The average Bonchev–Trinajstić information content (AvgIpc) is 2.77. The van der Waals surface area contributed by atoms with Crippen LogP contribution in [0.3, 0.4) is 0 Å². The standard InChI is InChI=1S/C25H29NO4/c1-2-28-15-11-6-4-3-5-7-12-16-29-24-18-21-17-22(20-13-9-8-10-14-20)25(27)30-23(21)19-26-24/h2,8-10,13-14,17-19H,1,3-7,11-12,15-16H2. The second kappa shape index (κ2) is 11.8. The van der Waals surface area contributed by atoms with Crippen molar-refractivity contribution in [3.63, 3.8) is 0 Å². The fourth-order valence-corrected chi connectivity index (χ4v) is 3.33. The minimum absolute atomic E-state index is 0.364. The zero-order valence-corrected chi connectivity index (χ0v) is 17.3. The van der Waals surface area contributed by atoms with E-state index < -0.39 is 0 Å². The summed E-state index contributed by atoms with van der Waals surface area (Å²) in [5, 5.41) is 0.805. The molecule has 3 rings (SSSR count). The highest BCUT2D eigenvalue weighted by atomic mass is 16.5. The number of benzene rings is 1. The fraction of sp³-hybridized carbons (Fsp3) is 0.360. The second-order valence-corrected chi connectivity index (χ2v) is 7.23. The number of pyridine rings is 1. The first kappa shape index (κ1) is 21.6. The molecular formula is C25H29NO4. The third-order valence-electron chi connectivity index (χ3n) is 4.95. The van der Waals surface area contributed by atoms with Crippen molar-refractivity contribution in [2.75, 3.05) is 13.2 Å². The highest BCUT2D eigenvalue weighted by molar-refractivity contribution is 5.81. The van der Waals surface area contributed by atoms with Gasteiger partial charge in [0.05, 0.1) is 31.2 Å². The van der Waals surface area contributed by atoms with E-state index in [0.717, 1.165) is 36.8 Å². The molecule has 0 N–H and O–H groups in total. The number of aromatic nitrogens is 1. The maximum absolute atomic E-state index is 12.3. The van der Waals surface area contributed by atoms with Gasteiger partial charge in [0.1, 0.15) is 0 Å². The van der Waals surface area contributed by atoms with Crippen molar-refractivity contribution in [1.29, 1.82) is 0 Å². The van der Waals surface area contributed by atoms with Gasteiger partial charge in [-0.3, -0.25) is 0 Å². The summed E-state index contributed by atoms with van der Waals surface area (Å²) in [6, 6.07) is 13.2. The van der Waals surface area contributed by atoms with E-state index in [0.29, 0.717) is 23.6 Å². The summed E-state index contributed by atoms with van der Waals surface area (Å²) in [7, 11) is 0. The first-order valence-electron chi connectivity index (χ1n) is 10.6. The zero-order valence-electron chi connectivity index (χ0n) is 17.3. The Morgan fingerprint density at radius 3 is 2.37 bits per heavy atom. The molecule has 30 heavy (non-hydrogen) atoms. The maximum Gasteiger partial charge on any atom is 0.344 e. The topological polar surface area (TPSA) is 61.6 Å². The number of ether oxygens (including phenoxy) is 2. The summed E-state index contributed by atoms with van der Waals surface area (Å²) in [5.41, 5.74) is 1.47. The van der Waals surface area contributed by atoms with Crippen molar-refractivity contribution in [2.24, 2.45) is 0 Å². The fourth-order valence-electron chi connectivity index (χ4n) is 3.33. The van der Waals surface area contributed by atoms with E-state index in [2.05, 4.69) is 11.6 Å². The number of unbranched alkanes of at least 4 members (excludes halogenated alkanes) is 6. The smallest absolute Gasteiger partial charge is 0.344 e. The zero-order chi connectivity index (χ0) is 21.0. The predicted octanol–water partition coefficient (Wildman–Crippen LogP) is 6.12. The molecule has 0 saturated carbocycles. The lowest BCUT2D eigenvalue weighted by Gasteiger charge is -2.07. The molecule has 0 aliphatic carbocycles. The third kappa shape index (κ3) is 6.48. The average molecular weight is 408 g/mol. The summed E-state index contributed by atoms with van der Waals surface area (Å²) in [6.07, 6.45) is 11.2. The van der Waals surface area contributed by atoms with Gasteiger partial charge in [-0.2, -0.15) is 0 Å². The number of hydrogen-bond donors (Lipinski definition) is 0. The summed E-state index contributed by atoms with van der Waals surface area (Å²) in [6.45, 7) is 4.94. The summed E-state index contributed by atoms with van der Waals surface area (Å²) in [5.74, 6) is 0.553. The Kier molecular flexibility index (Phi) is 8.51. The molecular weight excluding hydrogens is 378 g/mol. The van der Waals surface area contributed by atoms with E-state index in [9.17, 15) is 4.79 Å². The first-order chi connectivity index (χ1) is 14.8. The van der Waals surface area contributed by atoms with Crippen LogP contribution in [0.2, 0.25) is 0 Å². The Morgan fingerprint density at radius 1 is 0.933 bits per heavy atom.